The lowest BCUT2D eigenvalue weighted by molar-refractivity contribution is 0.0946. The van der Waals surface area contributed by atoms with Crippen molar-refractivity contribution in [1.29, 1.82) is 0 Å². The Morgan fingerprint density at radius 2 is 2.21 bits per heavy atom. The number of nitrogens with zero attached hydrogens (tertiary/aromatic N) is 1. The van der Waals surface area contributed by atoms with Crippen LogP contribution in [0.15, 0.2) is 24.3 Å². The second kappa shape index (κ2) is 5.43. The molecule has 4 N–H and O–H groups in total. The van der Waals surface area contributed by atoms with Crippen LogP contribution in [0.3, 0.4) is 0 Å². The van der Waals surface area contributed by atoms with Gasteiger partial charge in [-0.1, -0.05) is 18.2 Å². The summed E-state index contributed by atoms with van der Waals surface area (Å²) < 4.78 is 5.21. The van der Waals surface area contributed by atoms with Gasteiger partial charge in [0.1, 0.15) is 5.75 Å². The van der Waals surface area contributed by atoms with Crippen molar-refractivity contribution in [1.82, 2.24) is 15.5 Å². The van der Waals surface area contributed by atoms with Crippen molar-refractivity contribution < 1.29 is 9.53 Å². The maximum absolute atomic E-state index is 11.9. The lowest BCUT2D eigenvalue weighted by Crippen LogP contribution is -2.24. The van der Waals surface area contributed by atoms with Gasteiger partial charge in [0.2, 0.25) is 0 Å². The van der Waals surface area contributed by atoms with E-state index < -0.39 is 0 Å². The molecule has 0 spiro atoms. The summed E-state index contributed by atoms with van der Waals surface area (Å²) in [4.78, 5) is 11.9. The molecule has 0 aliphatic rings. The highest BCUT2D eigenvalue weighted by Crippen LogP contribution is 2.17. The average molecular weight is 260 g/mol. The van der Waals surface area contributed by atoms with E-state index in [0.717, 1.165) is 11.3 Å². The fourth-order valence-electron chi connectivity index (χ4n) is 1.72. The van der Waals surface area contributed by atoms with Crippen LogP contribution in [0.4, 0.5) is 5.69 Å². The maximum atomic E-state index is 11.9. The highest BCUT2D eigenvalue weighted by Gasteiger charge is 2.15. The lowest BCUT2D eigenvalue weighted by atomic mass is 10.2. The van der Waals surface area contributed by atoms with E-state index >= 15 is 0 Å². The van der Waals surface area contributed by atoms with Crippen molar-refractivity contribution in [3.8, 4) is 5.75 Å². The third kappa shape index (κ3) is 2.67. The van der Waals surface area contributed by atoms with Crippen molar-refractivity contribution in [2.24, 2.45) is 0 Å². The first-order valence-electron chi connectivity index (χ1n) is 5.84. The number of amides is 1. The Hall–Kier alpha value is -2.50. The van der Waals surface area contributed by atoms with Crippen molar-refractivity contribution >= 4 is 11.6 Å². The number of ether oxygens (including phenoxy) is 1. The number of nitrogens with one attached hydrogen (secondary N) is 2. The predicted molar refractivity (Wildman–Crippen MR) is 71.9 cm³/mol. The molecule has 0 saturated heterocycles. The second-order valence-electron chi connectivity index (χ2n) is 4.11. The van der Waals surface area contributed by atoms with Gasteiger partial charge in [-0.2, -0.15) is 5.10 Å². The van der Waals surface area contributed by atoms with Crippen molar-refractivity contribution in [3.63, 3.8) is 0 Å². The standard InChI is InChI=1S/C13H16N4O2/c1-8-11(14)12(17-16-8)13(18)15-7-9-5-3-4-6-10(9)19-2/h3-6H,7,14H2,1-2H3,(H,15,18)(H,16,17). The molecule has 19 heavy (non-hydrogen) atoms. The molecule has 1 aromatic heterocycles. The van der Waals surface area contributed by atoms with Crippen molar-refractivity contribution in [2.45, 2.75) is 13.5 Å². The zero-order chi connectivity index (χ0) is 13.8. The van der Waals surface area contributed by atoms with E-state index in [9.17, 15) is 4.79 Å². The average Bonchev–Trinajstić information content (AvgIpc) is 2.77. The number of methoxy groups -OCH3 is 1. The van der Waals surface area contributed by atoms with Gasteiger partial charge in [0.15, 0.2) is 5.69 Å². The van der Waals surface area contributed by atoms with E-state index in [1.807, 2.05) is 24.3 Å². The van der Waals surface area contributed by atoms with Crippen LogP contribution in [0.5, 0.6) is 5.75 Å². The molecule has 0 bridgehead atoms. The summed E-state index contributed by atoms with van der Waals surface area (Å²) in [6.07, 6.45) is 0. The molecule has 6 heteroatoms. The first-order chi connectivity index (χ1) is 9.13. The Balaban J connectivity index is 2.07. The first kappa shape index (κ1) is 12.9. The molecule has 2 rings (SSSR count). The van der Waals surface area contributed by atoms with Gasteiger partial charge < -0.3 is 15.8 Å². The molecular formula is C13H16N4O2. The molecule has 0 aliphatic carbocycles. The smallest absolute Gasteiger partial charge is 0.274 e. The van der Waals surface area contributed by atoms with Crippen LogP contribution in [0.25, 0.3) is 0 Å². The quantitative estimate of drug-likeness (QED) is 0.771. The van der Waals surface area contributed by atoms with Gasteiger partial charge >= 0.3 is 0 Å². The summed E-state index contributed by atoms with van der Waals surface area (Å²) in [5, 5.41) is 9.32. The minimum Gasteiger partial charge on any atom is -0.496 e. The molecule has 100 valence electrons. The van der Waals surface area contributed by atoms with E-state index in [0.29, 0.717) is 17.9 Å². The van der Waals surface area contributed by atoms with E-state index in [2.05, 4.69) is 15.5 Å². The van der Waals surface area contributed by atoms with Gasteiger partial charge in [-0.3, -0.25) is 9.89 Å². The number of anilines is 1. The fraction of sp³-hybridized carbons (Fsp3) is 0.231. The van der Waals surface area contributed by atoms with Gasteiger partial charge in [0, 0.05) is 12.1 Å². The fourth-order valence-corrected chi connectivity index (χ4v) is 1.72. The third-order valence-corrected chi connectivity index (χ3v) is 2.84. The molecule has 1 aromatic carbocycles. The van der Waals surface area contributed by atoms with Gasteiger partial charge in [-0.25, -0.2) is 0 Å². The highest BCUT2D eigenvalue weighted by molar-refractivity contribution is 5.97. The zero-order valence-electron chi connectivity index (χ0n) is 10.9. The number of carbonyl (C=O) groups excluding carboxylic acids is 1. The first-order valence-corrected chi connectivity index (χ1v) is 5.84. The number of aryl methyl sites for hydroxylation is 1. The molecule has 0 atom stereocenters. The monoisotopic (exact) mass is 260 g/mol. The Morgan fingerprint density at radius 1 is 1.47 bits per heavy atom. The van der Waals surface area contributed by atoms with Crippen molar-refractivity contribution in [3.05, 3.63) is 41.2 Å². The summed E-state index contributed by atoms with van der Waals surface area (Å²) in [7, 11) is 1.59. The summed E-state index contributed by atoms with van der Waals surface area (Å²) in [5.41, 5.74) is 7.91. The number of nitrogens with two attached hydrogens (primary N) is 1. The van der Waals surface area contributed by atoms with Crippen molar-refractivity contribution in [2.75, 3.05) is 12.8 Å². The van der Waals surface area contributed by atoms with Crippen LogP contribution >= 0.6 is 0 Å². The number of benzene rings is 1. The molecular weight excluding hydrogens is 244 g/mol. The molecule has 0 radical (unpaired) electrons. The molecule has 0 fully saturated rings. The number of hydrogen-bond acceptors (Lipinski definition) is 4. The molecule has 2 aromatic rings. The van der Waals surface area contributed by atoms with E-state index in [-0.39, 0.29) is 11.6 Å². The summed E-state index contributed by atoms with van der Waals surface area (Å²) in [6, 6.07) is 7.49. The van der Waals surface area contributed by atoms with Gasteiger partial charge in [-0.15, -0.1) is 0 Å². The van der Waals surface area contributed by atoms with Crippen LogP contribution < -0.4 is 15.8 Å². The SMILES string of the molecule is COc1ccccc1CNC(=O)c1n[nH]c(C)c1N. The van der Waals surface area contributed by atoms with Gasteiger partial charge in [0.05, 0.1) is 18.5 Å². The van der Waals surface area contributed by atoms with Gasteiger partial charge in [-0.05, 0) is 13.0 Å². The minimum atomic E-state index is -0.312. The largest absolute Gasteiger partial charge is 0.496 e. The minimum absolute atomic E-state index is 0.215. The van der Waals surface area contributed by atoms with Crippen LogP contribution in [0, 0.1) is 6.92 Å². The number of para-hydroxylation sites is 1. The molecule has 0 aliphatic heterocycles. The van der Waals surface area contributed by atoms with Crippen LogP contribution in [0.1, 0.15) is 21.7 Å². The molecule has 1 amide bonds. The maximum Gasteiger partial charge on any atom is 0.274 e. The zero-order valence-corrected chi connectivity index (χ0v) is 10.9. The number of hydrogen-bond donors (Lipinski definition) is 3. The number of carbonyl (C=O) groups is 1. The van der Waals surface area contributed by atoms with E-state index in [1.54, 1.807) is 14.0 Å². The predicted octanol–water partition coefficient (Wildman–Crippen LogP) is 1.24. The van der Waals surface area contributed by atoms with Crippen LogP contribution in [-0.2, 0) is 6.54 Å². The second-order valence-corrected chi connectivity index (χ2v) is 4.11. The molecule has 1 heterocycles. The van der Waals surface area contributed by atoms with Gasteiger partial charge in [0.25, 0.3) is 5.91 Å². The Kier molecular flexibility index (Phi) is 3.70. The molecule has 0 saturated carbocycles. The number of nitrogen functional groups attached to an aromatic ring is 1. The summed E-state index contributed by atoms with van der Waals surface area (Å²) in [6.45, 7) is 2.12. The Morgan fingerprint density at radius 3 is 2.84 bits per heavy atom. The number of H-pyrrole nitrogens is 1. The summed E-state index contributed by atoms with van der Waals surface area (Å²) in [5.74, 6) is 0.418. The lowest BCUT2D eigenvalue weighted by Gasteiger charge is -2.08. The Labute approximate surface area is 111 Å². The van der Waals surface area contributed by atoms with E-state index in [1.165, 1.54) is 0 Å². The number of aromatic nitrogens is 2. The summed E-state index contributed by atoms with van der Waals surface area (Å²) >= 11 is 0. The van der Waals surface area contributed by atoms with Crippen LogP contribution in [-0.4, -0.2) is 23.2 Å². The number of aromatic amines is 1. The normalized spacial score (nSPS) is 10.2. The van der Waals surface area contributed by atoms with Crippen LogP contribution in [0.2, 0.25) is 0 Å². The molecule has 6 nitrogen and oxygen atoms in total. The Bertz CT molecular complexity index is 592. The number of rotatable bonds is 4. The highest BCUT2D eigenvalue weighted by atomic mass is 16.5. The van der Waals surface area contributed by atoms with E-state index in [4.69, 9.17) is 10.5 Å². The topological polar surface area (TPSA) is 93.0 Å². The molecule has 0 unspecified atom stereocenters. The third-order valence-electron chi connectivity index (χ3n) is 2.84.